The van der Waals surface area contributed by atoms with Crippen LogP contribution in [0.3, 0.4) is 0 Å². The summed E-state index contributed by atoms with van der Waals surface area (Å²) in [5.41, 5.74) is 0.460. The van der Waals surface area contributed by atoms with Crippen molar-refractivity contribution >= 4 is 21.4 Å². The van der Waals surface area contributed by atoms with Gasteiger partial charge in [0.15, 0.2) is 0 Å². The van der Waals surface area contributed by atoms with Crippen LogP contribution >= 0.6 is 0 Å². The molecule has 3 aromatic rings. The summed E-state index contributed by atoms with van der Waals surface area (Å²) in [6, 6.07) is 10.6. The number of piperidine rings is 1. The monoisotopic (exact) mass is 477 g/mol. The molecule has 1 N–H and O–H groups in total. The molecule has 2 aromatic heterocycles. The molecule has 0 radical (unpaired) electrons. The number of sulfone groups is 1. The highest BCUT2D eigenvalue weighted by molar-refractivity contribution is 7.91. The number of aromatic nitrogens is 3. The van der Waals surface area contributed by atoms with Gasteiger partial charge in [0.05, 0.1) is 17.1 Å². The van der Waals surface area contributed by atoms with Crippen molar-refractivity contribution in [2.75, 3.05) is 25.0 Å². The van der Waals surface area contributed by atoms with E-state index in [0.29, 0.717) is 43.3 Å². The lowest BCUT2D eigenvalue weighted by Gasteiger charge is -2.29. The van der Waals surface area contributed by atoms with Gasteiger partial charge in [-0.25, -0.2) is 8.42 Å². The highest BCUT2D eigenvalue weighted by atomic mass is 32.2. The van der Waals surface area contributed by atoms with Gasteiger partial charge in [-0.2, -0.15) is 13.8 Å². The summed E-state index contributed by atoms with van der Waals surface area (Å²) in [6.45, 7) is 1.16. The number of halogens is 2. The molecule has 0 atom stereocenters. The third-order valence-corrected chi connectivity index (χ3v) is 6.78. The molecule has 0 unspecified atom stereocenters. The van der Waals surface area contributed by atoms with Crippen molar-refractivity contribution in [1.82, 2.24) is 20.0 Å². The molecule has 4 rings (SSSR count). The number of hydrogen-bond donors (Lipinski definition) is 1. The molecule has 12 heteroatoms. The van der Waals surface area contributed by atoms with E-state index in [4.69, 9.17) is 4.52 Å². The maximum absolute atomic E-state index is 12.9. The molecule has 0 bridgehead atoms. The minimum absolute atomic E-state index is 0.00119. The Hall–Kier alpha value is -3.25. The van der Waals surface area contributed by atoms with E-state index in [1.54, 1.807) is 18.3 Å². The minimum Gasteiger partial charge on any atom is -0.339 e. The zero-order valence-electron chi connectivity index (χ0n) is 17.4. The number of para-hydroxylation sites is 1. The lowest BCUT2D eigenvalue weighted by molar-refractivity contribution is -0.117. The number of benzene rings is 1. The predicted octanol–water partition coefficient (Wildman–Crippen LogP) is 2.95. The molecular formula is C21H21F2N5O4S. The van der Waals surface area contributed by atoms with Crippen LogP contribution in [0, 0.1) is 0 Å². The third kappa shape index (κ3) is 5.22. The van der Waals surface area contributed by atoms with Crippen molar-refractivity contribution in [3.8, 4) is 11.5 Å². The molecule has 1 aliphatic rings. The second-order valence-electron chi connectivity index (χ2n) is 7.57. The molecule has 174 valence electrons. The van der Waals surface area contributed by atoms with Crippen molar-refractivity contribution < 1.29 is 26.5 Å². The maximum atomic E-state index is 12.9. The molecule has 1 saturated heterocycles. The van der Waals surface area contributed by atoms with Crippen LogP contribution < -0.4 is 5.32 Å². The van der Waals surface area contributed by atoms with Gasteiger partial charge < -0.3 is 9.84 Å². The first kappa shape index (κ1) is 22.9. The summed E-state index contributed by atoms with van der Waals surface area (Å²) in [5, 5.41) is 6.43. The van der Waals surface area contributed by atoms with Gasteiger partial charge in [-0.1, -0.05) is 23.4 Å². The summed E-state index contributed by atoms with van der Waals surface area (Å²) in [4.78, 5) is 22.4. The van der Waals surface area contributed by atoms with E-state index in [1.807, 2.05) is 11.0 Å². The van der Waals surface area contributed by atoms with Gasteiger partial charge in [-0.05, 0) is 50.2 Å². The van der Waals surface area contributed by atoms with Crippen LogP contribution in [0.25, 0.3) is 11.5 Å². The Bertz CT molecular complexity index is 1210. The molecule has 0 aliphatic carbocycles. The van der Waals surface area contributed by atoms with Gasteiger partial charge in [0.1, 0.15) is 5.69 Å². The van der Waals surface area contributed by atoms with Crippen LogP contribution in [0.4, 0.5) is 14.5 Å². The summed E-state index contributed by atoms with van der Waals surface area (Å²) in [7, 11) is -4.83. The first-order valence-corrected chi connectivity index (χ1v) is 11.8. The van der Waals surface area contributed by atoms with E-state index in [1.165, 1.54) is 18.2 Å². The molecule has 1 amide bonds. The third-order valence-electron chi connectivity index (χ3n) is 5.34. The largest absolute Gasteiger partial charge is 0.341 e. The lowest BCUT2D eigenvalue weighted by atomic mass is 9.97. The number of amides is 1. The van der Waals surface area contributed by atoms with Gasteiger partial charge in [0, 0.05) is 12.1 Å². The number of carbonyl (C=O) groups excluding carboxylic acids is 1. The van der Waals surface area contributed by atoms with E-state index in [0.717, 1.165) is 6.07 Å². The molecular weight excluding hydrogens is 456 g/mol. The summed E-state index contributed by atoms with van der Waals surface area (Å²) in [6.07, 6.45) is 3.02. The summed E-state index contributed by atoms with van der Waals surface area (Å²) in [5.74, 6) is -3.07. The van der Waals surface area contributed by atoms with Crippen LogP contribution in [0.2, 0.25) is 0 Å². The van der Waals surface area contributed by atoms with Crippen LogP contribution in [0.5, 0.6) is 0 Å². The zero-order chi connectivity index (χ0) is 23.4. The summed E-state index contributed by atoms with van der Waals surface area (Å²) >= 11 is 0. The van der Waals surface area contributed by atoms with Crippen molar-refractivity contribution in [2.45, 2.75) is 29.4 Å². The Kier molecular flexibility index (Phi) is 6.75. The van der Waals surface area contributed by atoms with Crippen molar-refractivity contribution in [2.24, 2.45) is 0 Å². The number of nitrogens with one attached hydrogen (secondary N) is 1. The standard InChI is InChI=1S/C21H21F2N5O4S/c22-21(23)33(30,31)17-7-2-1-5-15(17)25-18(29)13-28-11-8-14(9-12-28)20-26-19(27-32-20)16-6-3-4-10-24-16/h1-7,10,14,21H,8-9,11-13H2,(H,25,29). The van der Waals surface area contributed by atoms with Gasteiger partial charge in [-0.15, -0.1) is 0 Å². The lowest BCUT2D eigenvalue weighted by Crippen LogP contribution is -2.39. The topological polar surface area (TPSA) is 118 Å². The van der Waals surface area contributed by atoms with Crippen LogP contribution in [0.1, 0.15) is 24.7 Å². The average Bonchev–Trinajstić information content (AvgIpc) is 3.30. The number of hydrogen-bond acceptors (Lipinski definition) is 8. The minimum atomic E-state index is -4.83. The molecule has 33 heavy (non-hydrogen) atoms. The number of rotatable bonds is 7. The van der Waals surface area contributed by atoms with Crippen LogP contribution in [-0.4, -0.2) is 59.7 Å². The molecule has 0 saturated carbocycles. The number of pyridine rings is 1. The Balaban J connectivity index is 1.33. The van der Waals surface area contributed by atoms with Gasteiger partial charge in [-0.3, -0.25) is 14.7 Å². The number of anilines is 1. The van der Waals surface area contributed by atoms with E-state index in [9.17, 15) is 22.0 Å². The second kappa shape index (κ2) is 9.71. The first-order valence-electron chi connectivity index (χ1n) is 10.2. The van der Waals surface area contributed by atoms with E-state index in [2.05, 4.69) is 20.4 Å². The quantitative estimate of drug-likeness (QED) is 0.552. The van der Waals surface area contributed by atoms with Crippen molar-refractivity contribution in [1.29, 1.82) is 0 Å². The molecule has 3 heterocycles. The van der Waals surface area contributed by atoms with Crippen LogP contribution in [0.15, 0.2) is 58.1 Å². The van der Waals surface area contributed by atoms with Crippen LogP contribution in [-0.2, 0) is 14.6 Å². The van der Waals surface area contributed by atoms with E-state index < -0.39 is 26.4 Å². The average molecular weight is 477 g/mol. The fourth-order valence-electron chi connectivity index (χ4n) is 3.64. The molecule has 0 spiro atoms. The normalized spacial score (nSPS) is 15.6. The smallest absolute Gasteiger partial charge is 0.339 e. The molecule has 9 nitrogen and oxygen atoms in total. The Labute approximate surface area is 188 Å². The maximum Gasteiger partial charge on any atom is 0.341 e. The van der Waals surface area contributed by atoms with E-state index in [-0.39, 0.29) is 18.2 Å². The summed E-state index contributed by atoms with van der Waals surface area (Å²) < 4.78 is 55.0. The Morgan fingerprint density at radius 3 is 2.58 bits per heavy atom. The molecule has 1 aliphatic heterocycles. The highest BCUT2D eigenvalue weighted by Crippen LogP contribution is 2.29. The second-order valence-corrected chi connectivity index (χ2v) is 9.46. The number of carbonyl (C=O) groups is 1. The molecule has 1 aromatic carbocycles. The SMILES string of the molecule is O=C(CN1CCC(c2nc(-c3ccccn3)no2)CC1)Nc1ccccc1S(=O)(=O)C(F)F. The fourth-order valence-corrected chi connectivity index (χ4v) is 4.53. The number of nitrogens with zero attached hydrogens (tertiary/aromatic N) is 4. The van der Waals surface area contributed by atoms with Gasteiger partial charge in [0.25, 0.3) is 0 Å². The number of likely N-dealkylation sites (tertiary alicyclic amines) is 1. The first-order chi connectivity index (χ1) is 15.8. The van der Waals surface area contributed by atoms with Crippen molar-refractivity contribution in [3.05, 3.63) is 54.6 Å². The van der Waals surface area contributed by atoms with E-state index >= 15 is 0 Å². The van der Waals surface area contributed by atoms with Gasteiger partial charge >= 0.3 is 5.76 Å². The van der Waals surface area contributed by atoms with Crippen molar-refractivity contribution in [3.63, 3.8) is 0 Å². The number of alkyl halides is 2. The Morgan fingerprint density at radius 1 is 1.15 bits per heavy atom. The zero-order valence-corrected chi connectivity index (χ0v) is 18.2. The predicted molar refractivity (Wildman–Crippen MR) is 114 cm³/mol. The molecule has 1 fully saturated rings. The Morgan fingerprint density at radius 2 is 1.88 bits per heavy atom. The highest BCUT2D eigenvalue weighted by Gasteiger charge is 2.30. The van der Waals surface area contributed by atoms with Gasteiger partial charge in [0.2, 0.25) is 27.5 Å². The fraction of sp³-hybridized carbons (Fsp3) is 0.333.